The first kappa shape index (κ1) is 29.2. The van der Waals surface area contributed by atoms with Crippen molar-refractivity contribution >= 4 is 45.7 Å². The van der Waals surface area contributed by atoms with Crippen molar-refractivity contribution in [2.75, 3.05) is 18.1 Å². The van der Waals surface area contributed by atoms with Gasteiger partial charge in [0.2, 0.25) is 5.13 Å². The molecule has 5 rings (SSSR count). The molecule has 9 nitrogen and oxygen atoms in total. The van der Waals surface area contributed by atoms with Crippen LogP contribution in [0.2, 0.25) is 0 Å². The van der Waals surface area contributed by atoms with Crippen LogP contribution in [-0.2, 0) is 15.3 Å². The first-order chi connectivity index (χ1) is 20.4. The van der Waals surface area contributed by atoms with Crippen LogP contribution in [0.25, 0.3) is 5.76 Å². The van der Waals surface area contributed by atoms with Crippen molar-refractivity contribution in [2.45, 2.75) is 36.4 Å². The van der Waals surface area contributed by atoms with E-state index in [9.17, 15) is 19.1 Å². The van der Waals surface area contributed by atoms with Crippen molar-refractivity contribution in [3.8, 4) is 11.5 Å². The molecule has 1 amide bonds. The third-order valence-electron chi connectivity index (χ3n) is 6.35. The van der Waals surface area contributed by atoms with Crippen molar-refractivity contribution in [1.29, 1.82) is 0 Å². The number of aliphatic hydroxyl groups excluding tert-OH is 1. The second kappa shape index (κ2) is 13.1. The fourth-order valence-electron chi connectivity index (χ4n) is 4.42. The fraction of sp³-hybridized carbons (Fsp3) is 0.233. The number of Topliss-reactive ketones (excluding diaryl/α,β-unsaturated/α-hetero) is 1. The summed E-state index contributed by atoms with van der Waals surface area (Å²) in [6, 6.07) is 13.7. The number of benzene rings is 2. The Kier molecular flexibility index (Phi) is 9.13. The molecule has 3 heterocycles. The lowest BCUT2D eigenvalue weighted by atomic mass is 9.95. The Morgan fingerprint density at radius 1 is 1.05 bits per heavy atom. The molecule has 0 aliphatic carbocycles. The van der Waals surface area contributed by atoms with Gasteiger partial charge in [-0.1, -0.05) is 54.3 Å². The summed E-state index contributed by atoms with van der Waals surface area (Å²) in [7, 11) is 0. The molecule has 216 valence electrons. The van der Waals surface area contributed by atoms with Gasteiger partial charge in [-0.3, -0.25) is 19.5 Å². The number of rotatable bonds is 11. The van der Waals surface area contributed by atoms with E-state index in [2.05, 4.69) is 15.2 Å². The summed E-state index contributed by atoms with van der Waals surface area (Å²) in [5, 5.41) is 19.9. The van der Waals surface area contributed by atoms with E-state index in [1.54, 1.807) is 48.5 Å². The molecule has 0 bridgehead atoms. The molecule has 1 aliphatic rings. The smallest absolute Gasteiger partial charge is 0.301 e. The number of ketones is 1. The average Bonchev–Trinajstić information content (AvgIpc) is 3.58. The SMILES string of the molecule is CCCOc1ccc(C2/C(=C(\O)c3ccncc3)C(=O)C(=O)N2c2nnc(SCc3ccccc3F)s2)cc1OCC. The largest absolute Gasteiger partial charge is 0.507 e. The van der Waals surface area contributed by atoms with Gasteiger partial charge in [0.25, 0.3) is 5.78 Å². The minimum Gasteiger partial charge on any atom is -0.507 e. The number of aromatic nitrogens is 3. The van der Waals surface area contributed by atoms with Gasteiger partial charge < -0.3 is 14.6 Å². The van der Waals surface area contributed by atoms with Crippen LogP contribution in [0.5, 0.6) is 11.5 Å². The van der Waals surface area contributed by atoms with Gasteiger partial charge in [-0.05, 0) is 54.8 Å². The minimum atomic E-state index is -1.03. The quantitative estimate of drug-likeness (QED) is 0.0703. The number of amides is 1. The van der Waals surface area contributed by atoms with Crippen LogP contribution >= 0.6 is 23.1 Å². The molecule has 1 fully saturated rings. The highest BCUT2D eigenvalue weighted by Gasteiger charge is 2.48. The Morgan fingerprint density at radius 3 is 2.57 bits per heavy atom. The number of hydrogen-bond acceptors (Lipinski definition) is 10. The summed E-state index contributed by atoms with van der Waals surface area (Å²) >= 11 is 2.36. The van der Waals surface area contributed by atoms with Crippen LogP contribution in [0, 0.1) is 5.82 Å². The summed E-state index contributed by atoms with van der Waals surface area (Å²) in [6.07, 6.45) is 3.77. The minimum absolute atomic E-state index is 0.105. The molecule has 1 aliphatic heterocycles. The Labute approximate surface area is 250 Å². The van der Waals surface area contributed by atoms with Crippen molar-refractivity contribution in [3.63, 3.8) is 0 Å². The Morgan fingerprint density at radius 2 is 1.83 bits per heavy atom. The van der Waals surface area contributed by atoms with Crippen molar-refractivity contribution in [3.05, 3.63) is 95.1 Å². The van der Waals surface area contributed by atoms with Gasteiger partial charge in [0.1, 0.15) is 11.6 Å². The average molecular weight is 607 g/mol. The van der Waals surface area contributed by atoms with Gasteiger partial charge in [0.05, 0.1) is 24.8 Å². The molecule has 0 saturated carbocycles. The lowest BCUT2D eigenvalue weighted by Gasteiger charge is -2.23. The second-order valence-corrected chi connectivity index (χ2v) is 11.3. The molecule has 0 radical (unpaired) electrons. The lowest BCUT2D eigenvalue weighted by molar-refractivity contribution is -0.132. The molecular weight excluding hydrogens is 579 g/mol. The van der Waals surface area contributed by atoms with Crippen LogP contribution in [-0.4, -0.2) is 45.2 Å². The van der Waals surface area contributed by atoms with Crippen LogP contribution < -0.4 is 14.4 Å². The van der Waals surface area contributed by atoms with Gasteiger partial charge in [-0.25, -0.2) is 4.39 Å². The molecule has 1 atom stereocenters. The summed E-state index contributed by atoms with van der Waals surface area (Å²) in [6.45, 7) is 4.68. The van der Waals surface area contributed by atoms with Crippen LogP contribution in [0.4, 0.5) is 9.52 Å². The van der Waals surface area contributed by atoms with Crippen molar-refractivity contribution < 1.29 is 28.6 Å². The van der Waals surface area contributed by atoms with Crippen molar-refractivity contribution in [1.82, 2.24) is 15.2 Å². The van der Waals surface area contributed by atoms with E-state index >= 15 is 0 Å². The van der Waals surface area contributed by atoms with E-state index in [1.165, 1.54) is 35.1 Å². The predicted octanol–water partition coefficient (Wildman–Crippen LogP) is 6.18. The maximum absolute atomic E-state index is 14.1. The number of carbonyl (C=O) groups is 2. The number of halogens is 1. The molecule has 1 saturated heterocycles. The van der Waals surface area contributed by atoms with E-state index < -0.39 is 17.7 Å². The topological polar surface area (TPSA) is 115 Å². The number of nitrogens with zero attached hydrogens (tertiary/aromatic N) is 4. The standard InChI is InChI=1S/C30H27FN4O5S2/c1-3-15-40-22-10-9-19(16-23(22)39-4-2)25-24(26(36)18-11-13-32-14-12-18)27(37)28(38)35(25)29-33-34-30(42-29)41-17-20-7-5-6-8-21(20)31/h5-14,16,25,36H,3-4,15,17H2,1-2H3/b26-24+. The fourth-order valence-corrected chi connectivity index (χ4v) is 6.27. The maximum Gasteiger partial charge on any atom is 0.301 e. The van der Waals surface area contributed by atoms with E-state index in [0.29, 0.717) is 51.5 Å². The Balaban J connectivity index is 1.57. The first-order valence-electron chi connectivity index (χ1n) is 13.2. The van der Waals surface area contributed by atoms with Crippen LogP contribution in [0.3, 0.4) is 0 Å². The number of anilines is 1. The zero-order valence-electron chi connectivity index (χ0n) is 22.8. The molecule has 4 aromatic rings. The monoisotopic (exact) mass is 606 g/mol. The summed E-state index contributed by atoms with van der Waals surface area (Å²) < 4.78 is 26.3. The number of carbonyl (C=O) groups excluding carboxylic acids is 2. The van der Waals surface area contributed by atoms with E-state index in [1.807, 2.05) is 13.8 Å². The number of pyridine rings is 1. The van der Waals surface area contributed by atoms with Gasteiger partial charge in [0, 0.05) is 23.7 Å². The number of ether oxygens (including phenoxy) is 2. The van der Waals surface area contributed by atoms with Crippen molar-refractivity contribution in [2.24, 2.45) is 0 Å². The Bertz CT molecular complexity index is 1630. The van der Waals surface area contributed by atoms with Crippen LogP contribution in [0.15, 0.2) is 76.9 Å². The van der Waals surface area contributed by atoms with E-state index in [0.717, 1.165) is 17.8 Å². The molecule has 12 heteroatoms. The highest BCUT2D eigenvalue weighted by Crippen LogP contribution is 2.45. The molecule has 0 spiro atoms. The van der Waals surface area contributed by atoms with Gasteiger partial charge in [-0.2, -0.15) is 0 Å². The van der Waals surface area contributed by atoms with Gasteiger partial charge in [0.15, 0.2) is 15.8 Å². The Hall–Kier alpha value is -4.29. The third-order valence-corrected chi connectivity index (χ3v) is 8.46. The van der Waals surface area contributed by atoms with E-state index in [-0.39, 0.29) is 22.3 Å². The van der Waals surface area contributed by atoms with Crippen LogP contribution in [0.1, 0.15) is 43.0 Å². The molecule has 2 aromatic carbocycles. The molecule has 1 N–H and O–H groups in total. The summed E-state index contributed by atoms with van der Waals surface area (Å²) in [5.74, 6) is -1.12. The maximum atomic E-state index is 14.1. The highest BCUT2D eigenvalue weighted by atomic mass is 32.2. The summed E-state index contributed by atoms with van der Waals surface area (Å²) in [5.41, 5.74) is 1.24. The second-order valence-electron chi connectivity index (χ2n) is 9.12. The lowest BCUT2D eigenvalue weighted by Crippen LogP contribution is -2.29. The zero-order valence-corrected chi connectivity index (χ0v) is 24.5. The number of aliphatic hydroxyl groups is 1. The highest BCUT2D eigenvalue weighted by molar-refractivity contribution is 8.00. The molecule has 42 heavy (non-hydrogen) atoms. The normalized spacial score (nSPS) is 16.2. The molecule has 2 aromatic heterocycles. The molecule has 1 unspecified atom stereocenters. The predicted molar refractivity (Wildman–Crippen MR) is 158 cm³/mol. The number of hydrogen-bond donors (Lipinski definition) is 1. The molecular formula is C30H27FN4O5S2. The zero-order chi connectivity index (χ0) is 29.6. The third kappa shape index (κ3) is 6.00. The number of thioether (sulfide) groups is 1. The summed E-state index contributed by atoms with van der Waals surface area (Å²) in [4.78, 5) is 32.2. The van der Waals surface area contributed by atoms with E-state index in [4.69, 9.17) is 9.47 Å². The first-order valence-corrected chi connectivity index (χ1v) is 15.0. The van der Waals surface area contributed by atoms with Gasteiger partial charge in [-0.15, -0.1) is 10.2 Å². The van der Waals surface area contributed by atoms with Gasteiger partial charge >= 0.3 is 5.91 Å².